The number of hydrogen-bond acceptors (Lipinski definition) is 14. The van der Waals surface area contributed by atoms with E-state index in [9.17, 15) is 40.9 Å². The molecule has 232 valence electrons. The van der Waals surface area contributed by atoms with Gasteiger partial charge in [-0.05, 0) is 68.7 Å². The van der Waals surface area contributed by atoms with Crippen molar-refractivity contribution < 1.29 is 105 Å². The zero-order valence-electron chi connectivity index (χ0n) is 23.5. The smallest absolute Gasteiger partial charge is 0.871 e. The molecule has 0 aliphatic carbocycles. The van der Waals surface area contributed by atoms with Crippen LogP contribution in [0, 0.1) is 0 Å². The number of fused-ring (bicyclic) bond motifs is 1. The van der Waals surface area contributed by atoms with Crippen molar-refractivity contribution in [3.63, 3.8) is 0 Å². The quantitative estimate of drug-likeness (QED) is 0.0720. The number of benzene rings is 3. The number of nitrogens with one attached hydrogen (secondary N) is 1. The summed E-state index contributed by atoms with van der Waals surface area (Å²) in [7, 11) is -10.2. The summed E-state index contributed by atoms with van der Waals surface area (Å²) >= 11 is 6.02. The molecule has 47 heavy (non-hydrogen) atoms. The van der Waals surface area contributed by atoms with Crippen molar-refractivity contribution in [3.05, 3.63) is 83.9 Å². The summed E-state index contributed by atoms with van der Waals surface area (Å²) in [6.45, 7) is 0. The molecule has 2 heterocycles. The number of hydrogen-bond donors (Lipinski definition) is 2. The Labute approximate surface area is 316 Å². The Bertz CT molecular complexity index is 2240. The van der Waals surface area contributed by atoms with E-state index in [0.29, 0.717) is 6.07 Å². The topological polar surface area (TPSA) is 254 Å². The van der Waals surface area contributed by atoms with Crippen LogP contribution in [-0.2, 0) is 20.2 Å². The minimum absolute atomic E-state index is 0. The van der Waals surface area contributed by atoms with Crippen LogP contribution >= 0.6 is 11.6 Å². The fraction of sp³-hybridized carbons (Fsp3) is 0.0385. The third-order valence-corrected chi connectivity index (χ3v) is 7.76. The Morgan fingerprint density at radius 3 is 2.13 bits per heavy atom. The molecule has 5 rings (SSSR count). The molecule has 2 N–H and O–H groups in total. The summed E-state index contributed by atoms with van der Waals surface area (Å²) < 4.78 is 72.6. The Kier molecular flexibility index (Phi) is 13.5. The van der Waals surface area contributed by atoms with E-state index in [1.54, 1.807) is 0 Å². The second-order valence-corrected chi connectivity index (χ2v) is 11.8. The van der Waals surface area contributed by atoms with Crippen molar-refractivity contribution >= 4 is 71.6 Å². The number of azo groups is 1. The van der Waals surface area contributed by atoms with Crippen molar-refractivity contribution in [2.24, 2.45) is 10.2 Å². The van der Waals surface area contributed by atoms with Crippen LogP contribution in [0.4, 0.5) is 23.0 Å². The molecule has 0 saturated heterocycles. The van der Waals surface area contributed by atoms with Gasteiger partial charge in [-0.2, -0.15) is 10.1 Å². The third kappa shape index (κ3) is 9.27. The molecule has 0 unspecified atom stereocenters. The largest absolute Gasteiger partial charge is 1.00 e. The van der Waals surface area contributed by atoms with Crippen LogP contribution < -0.4 is 74.1 Å². The van der Waals surface area contributed by atoms with Crippen molar-refractivity contribution in [1.29, 1.82) is 0 Å². The molecule has 0 atom stereocenters. The third-order valence-electron chi connectivity index (χ3n) is 5.83. The van der Waals surface area contributed by atoms with Gasteiger partial charge >= 0.3 is 82.3 Å². The first-order valence-electron chi connectivity index (χ1n) is 11.8. The summed E-state index contributed by atoms with van der Waals surface area (Å²) in [5.41, 5.74) is -1.20. The number of rotatable bonds is 8. The number of carboxylic acids is 1. The van der Waals surface area contributed by atoms with Crippen molar-refractivity contribution in [2.75, 3.05) is 5.32 Å². The van der Waals surface area contributed by atoms with Crippen molar-refractivity contribution in [2.45, 2.75) is 17.2 Å². The fourth-order valence-corrected chi connectivity index (χ4v) is 5.39. The normalized spacial score (nSPS) is 11.3. The number of aromatic carboxylic acids is 1. The summed E-state index contributed by atoms with van der Waals surface area (Å²) in [4.78, 5) is 21.8. The number of carboxylic acid groups (broad SMARTS) is 1. The molecule has 5 aromatic rings. The summed E-state index contributed by atoms with van der Waals surface area (Å²) in [6, 6.07) is 12.0. The van der Waals surface area contributed by atoms with Crippen LogP contribution in [0.5, 0.6) is 5.75 Å². The van der Waals surface area contributed by atoms with Gasteiger partial charge in [0.1, 0.15) is 25.9 Å². The maximum atomic E-state index is 12.9. The summed E-state index contributed by atoms with van der Waals surface area (Å²) in [5.74, 6) is -2.28. The molecule has 0 radical (unpaired) electrons. The molecule has 0 saturated carbocycles. The molecule has 21 heteroatoms. The molecule has 3 aromatic carbocycles. The van der Waals surface area contributed by atoms with Gasteiger partial charge in [0.15, 0.2) is 0 Å². The van der Waals surface area contributed by atoms with Gasteiger partial charge in [0.05, 0.1) is 33.4 Å². The molecule has 0 amide bonds. The molecule has 0 bridgehead atoms. The van der Waals surface area contributed by atoms with Crippen LogP contribution in [0.2, 0.25) is 5.28 Å². The van der Waals surface area contributed by atoms with Crippen molar-refractivity contribution in [1.82, 2.24) is 15.0 Å². The van der Waals surface area contributed by atoms with Gasteiger partial charge in [-0.15, -0.1) is 5.11 Å². The first-order valence-corrected chi connectivity index (χ1v) is 15.0. The maximum Gasteiger partial charge on any atom is 1.00 e. The molecule has 0 spiro atoms. The minimum atomic E-state index is -5.13. The second kappa shape index (κ2) is 15.8. The van der Waals surface area contributed by atoms with Gasteiger partial charge in [-0.3, -0.25) is 0 Å². The maximum absolute atomic E-state index is 12.9. The first-order chi connectivity index (χ1) is 20.7. The van der Waals surface area contributed by atoms with E-state index in [1.165, 1.54) is 53.4 Å². The number of nitrogens with zero attached hydrogens (tertiary/aromatic N) is 6. The van der Waals surface area contributed by atoms with Gasteiger partial charge in [0, 0.05) is 5.69 Å². The Morgan fingerprint density at radius 2 is 1.49 bits per heavy atom. The second-order valence-electron chi connectivity index (χ2n) is 8.72. The van der Waals surface area contributed by atoms with E-state index in [2.05, 4.69) is 30.5 Å². The predicted octanol–water partition coefficient (Wildman–Crippen LogP) is -2.66. The molecule has 0 fully saturated rings. The van der Waals surface area contributed by atoms with E-state index >= 15 is 0 Å². The fourth-order valence-electron chi connectivity index (χ4n) is 3.94. The van der Waals surface area contributed by atoms with E-state index in [1.807, 2.05) is 0 Å². The zero-order chi connectivity index (χ0) is 31.8. The van der Waals surface area contributed by atoms with Crippen LogP contribution in [0.1, 0.15) is 17.8 Å². The number of pyridine rings is 1. The zero-order valence-corrected chi connectivity index (χ0v) is 29.9. The Morgan fingerprint density at radius 1 is 0.851 bits per heavy atom. The van der Waals surface area contributed by atoms with E-state index in [4.69, 9.17) is 11.6 Å². The Hall–Kier alpha value is -3.14. The molecular weight excluding hydrogens is 700 g/mol. The number of anilines is 2. The molecular formula is C26H18ClN7Na2O9S2. The molecule has 0 aliphatic heterocycles. The molecule has 16 nitrogen and oxygen atoms in total. The van der Waals surface area contributed by atoms with E-state index in [-0.39, 0.29) is 106 Å². The molecule has 2 aromatic heterocycles. The summed E-state index contributed by atoms with van der Waals surface area (Å²) in [5, 5.41) is 31.7. The summed E-state index contributed by atoms with van der Waals surface area (Å²) in [6.07, 6.45) is 2.68. The van der Waals surface area contributed by atoms with Crippen molar-refractivity contribution in [3.8, 4) is 11.7 Å². The average molecular weight is 718 g/mol. The Balaban J connectivity index is 0.00000256. The molecule has 0 aliphatic rings. The van der Waals surface area contributed by atoms with E-state index in [0.717, 1.165) is 18.2 Å². The first kappa shape index (κ1) is 40.0. The number of carbonyl (C=O) groups is 1. The van der Waals surface area contributed by atoms with Gasteiger partial charge in [-0.1, -0.05) is 37.4 Å². The van der Waals surface area contributed by atoms with Crippen LogP contribution in [0.3, 0.4) is 0 Å². The number of aromatic nitrogens is 4. The predicted molar refractivity (Wildman–Crippen MR) is 153 cm³/mol. The monoisotopic (exact) mass is 717 g/mol. The number of halogens is 1. The van der Waals surface area contributed by atoms with Crippen LogP contribution in [-0.4, -0.2) is 52.0 Å². The average Bonchev–Trinajstić information content (AvgIpc) is 2.95. The van der Waals surface area contributed by atoms with Crippen LogP contribution in [0.15, 0.2) is 93.1 Å². The van der Waals surface area contributed by atoms with Crippen LogP contribution in [0.25, 0.3) is 16.7 Å². The minimum Gasteiger partial charge on any atom is -0.871 e. The van der Waals surface area contributed by atoms with Gasteiger partial charge in [-0.25, -0.2) is 26.2 Å². The van der Waals surface area contributed by atoms with Gasteiger partial charge in [0.25, 0.3) is 0 Å². The van der Waals surface area contributed by atoms with Gasteiger partial charge in [0.2, 0.25) is 0 Å². The standard InChI is InChI=1S/C25H16ClN7O9S2.CH4.2Na/c26-23-28-24(30-25(29-23)33-9-3-4-13(12-33)22(35)36)27-14-7-8-19(43(37,38)39)17(10-14)31-32-18-11-20(44(40,41)42)15-5-1-2-6-16(15)21(18)34;;;/h1-12H,(H4-,27,28,29,30,31,34,35,36,37,38,39,40,41,42);1H4;;/q;;2*+1/p-2. The van der Waals surface area contributed by atoms with E-state index < -0.39 is 53.1 Å². The SMILES string of the molecule is C.O=C(O)c1ccc[n+](-c2nc(Cl)nc(Nc3ccc(S(=O)(=O)[O-])c(N=Nc4cc(S(=O)(=O)[O-])c5ccccc5c4[O-])c3)n2)c1.[Na+].[Na+]. The van der Waals surface area contributed by atoms with Gasteiger partial charge < -0.3 is 24.6 Å².